The van der Waals surface area contributed by atoms with Gasteiger partial charge >= 0.3 is 0 Å². The van der Waals surface area contributed by atoms with E-state index < -0.39 is 10.0 Å². The summed E-state index contributed by atoms with van der Waals surface area (Å²) in [6.45, 7) is 8.01. The van der Waals surface area contributed by atoms with Crippen LogP contribution < -0.4 is 9.46 Å². The van der Waals surface area contributed by atoms with Crippen molar-refractivity contribution in [2.24, 2.45) is 5.92 Å². The summed E-state index contributed by atoms with van der Waals surface area (Å²) in [7, 11) is -3.51. The predicted octanol–water partition coefficient (Wildman–Crippen LogP) is 4.70. The van der Waals surface area contributed by atoms with Crippen molar-refractivity contribution in [2.75, 3.05) is 32.5 Å². The predicted molar refractivity (Wildman–Crippen MR) is 128 cm³/mol. The van der Waals surface area contributed by atoms with Gasteiger partial charge in [0.05, 0.1) is 11.5 Å². The van der Waals surface area contributed by atoms with Gasteiger partial charge in [0.1, 0.15) is 5.75 Å². The summed E-state index contributed by atoms with van der Waals surface area (Å²) < 4.78 is 34.0. The number of sulfonamides is 1. The molecule has 170 valence electrons. The van der Waals surface area contributed by atoms with Crippen LogP contribution in [-0.2, 0) is 16.6 Å². The van der Waals surface area contributed by atoms with Crippen LogP contribution in [0.2, 0.25) is 0 Å². The zero-order valence-electron chi connectivity index (χ0n) is 18.8. The molecule has 0 amide bonds. The summed E-state index contributed by atoms with van der Waals surface area (Å²) in [5.41, 5.74) is 2.21. The summed E-state index contributed by atoms with van der Waals surface area (Å²) in [6.07, 6.45) is 5.05. The molecule has 0 aromatic heterocycles. The number of aryl methyl sites for hydroxylation is 1. The van der Waals surface area contributed by atoms with E-state index in [1.165, 1.54) is 10.5 Å². The van der Waals surface area contributed by atoms with E-state index in [0.29, 0.717) is 24.0 Å². The number of rotatable bonds is 10. The standard InChI is InChI=1S/C24H34N2O3S2/c1-4-15-29-23-10-9-22(16-19(23)2)31(27,28)25-17-20-11-13-26(14-12-20)18-21-7-5-6-8-24(21)30-3/h5-10,16,20,25H,4,11-15,17-18H2,1-3H3. The van der Waals surface area contributed by atoms with Crippen molar-refractivity contribution in [2.45, 2.75) is 49.4 Å². The Hall–Kier alpha value is -1.54. The Bertz CT molecular complexity index is 955. The molecule has 1 N–H and O–H groups in total. The normalized spacial score (nSPS) is 15.8. The van der Waals surface area contributed by atoms with E-state index in [-0.39, 0.29) is 0 Å². The zero-order chi connectivity index (χ0) is 22.3. The highest BCUT2D eigenvalue weighted by molar-refractivity contribution is 7.98. The Kier molecular flexibility index (Phi) is 8.84. The van der Waals surface area contributed by atoms with Gasteiger partial charge in [0.2, 0.25) is 10.0 Å². The Morgan fingerprint density at radius 3 is 2.58 bits per heavy atom. The van der Waals surface area contributed by atoms with Gasteiger partial charge in [0.25, 0.3) is 0 Å². The van der Waals surface area contributed by atoms with Crippen molar-refractivity contribution in [3.8, 4) is 5.75 Å². The maximum atomic E-state index is 12.8. The molecule has 0 saturated carbocycles. The first-order chi connectivity index (χ1) is 14.9. The van der Waals surface area contributed by atoms with Gasteiger partial charge in [0.15, 0.2) is 0 Å². The molecule has 7 heteroatoms. The lowest BCUT2D eigenvalue weighted by molar-refractivity contribution is 0.177. The van der Waals surface area contributed by atoms with Gasteiger partial charge < -0.3 is 4.74 Å². The van der Waals surface area contributed by atoms with Crippen molar-refractivity contribution in [3.05, 3.63) is 53.6 Å². The average molecular weight is 463 g/mol. The van der Waals surface area contributed by atoms with E-state index in [9.17, 15) is 8.42 Å². The summed E-state index contributed by atoms with van der Waals surface area (Å²) in [6, 6.07) is 13.6. The molecule has 0 radical (unpaired) electrons. The molecule has 0 bridgehead atoms. The minimum atomic E-state index is -3.51. The lowest BCUT2D eigenvalue weighted by atomic mass is 9.97. The number of hydrogen-bond acceptors (Lipinski definition) is 5. The number of hydrogen-bond donors (Lipinski definition) is 1. The van der Waals surface area contributed by atoms with Crippen LogP contribution in [0, 0.1) is 12.8 Å². The van der Waals surface area contributed by atoms with Crippen LogP contribution in [0.1, 0.15) is 37.3 Å². The fourth-order valence-corrected chi connectivity index (χ4v) is 5.71. The maximum absolute atomic E-state index is 12.8. The second kappa shape index (κ2) is 11.4. The molecular weight excluding hydrogens is 428 g/mol. The van der Waals surface area contributed by atoms with Gasteiger partial charge in [0, 0.05) is 18.0 Å². The molecule has 1 fully saturated rings. The molecule has 0 spiro atoms. The minimum Gasteiger partial charge on any atom is -0.493 e. The molecular formula is C24H34N2O3S2. The van der Waals surface area contributed by atoms with Crippen LogP contribution in [0.5, 0.6) is 5.75 Å². The molecule has 1 aliphatic heterocycles. The van der Waals surface area contributed by atoms with Crippen molar-refractivity contribution >= 4 is 21.8 Å². The van der Waals surface area contributed by atoms with Crippen molar-refractivity contribution in [3.63, 3.8) is 0 Å². The highest BCUT2D eigenvalue weighted by atomic mass is 32.2. The van der Waals surface area contributed by atoms with E-state index in [0.717, 1.165) is 50.2 Å². The first-order valence-electron chi connectivity index (χ1n) is 11.0. The van der Waals surface area contributed by atoms with E-state index in [1.54, 1.807) is 30.0 Å². The number of ether oxygens (including phenoxy) is 1. The number of nitrogens with zero attached hydrogens (tertiary/aromatic N) is 1. The first kappa shape index (κ1) is 24.1. The Morgan fingerprint density at radius 1 is 1.16 bits per heavy atom. The van der Waals surface area contributed by atoms with E-state index in [2.05, 4.69) is 40.1 Å². The van der Waals surface area contributed by atoms with Gasteiger partial charge in [-0.2, -0.15) is 0 Å². The fraction of sp³-hybridized carbons (Fsp3) is 0.500. The third-order valence-electron chi connectivity index (χ3n) is 5.77. The molecule has 1 saturated heterocycles. The van der Waals surface area contributed by atoms with Crippen LogP contribution in [-0.4, -0.2) is 45.8 Å². The Balaban J connectivity index is 1.50. The molecule has 1 aliphatic rings. The lowest BCUT2D eigenvalue weighted by Crippen LogP contribution is -2.38. The van der Waals surface area contributed by atoms with E-state index in [1.807, 2.05) is 13.8 Å². The molecule has 5 nitrogen and oxygen atoms in total. The minimum absolute atomic E-state index is 0.306. The molecule has 1 heterocycles. The van der Waals surface area contributed by atoms with Gasteiger partial charge in [-0.3, -0.25) is 4.90 Å². The van der Waals surface area contributed by atoms with Crippen LogP contribution in [0.25, 0.3) is 0 Å². The highest BCUT2D eigenvalue weighted by Crippen LogP contribution is 2.25. The van der Waals surface area contributed by atoms with Crippen molar-refractivity contribution in [1.29, 1.82) is 0 Å². The second-order valence-corrected chi connectivity index (χ2v) is 10.8. The SMILES string of the molecule is CCCOc1ccc(S(=O)(=O)NCC2CCN(Cc3ccccc3SC)CC2)cc1C. The van der Waals surface area contributed by atoms with Crippen molar-refractivity contribution in [1.82, 2.24) is 9.62 Å². The molecule has 0 aliphatic carbocycles. The van der Waals surface area contributed by atoms with Crippen LogP contribution in [0.3, 0.4) is 0 Å². The Labute approximate surface area is 191 Å². The van der Waals surface area contributed by atoms with Gasteiger partial charge in [-0.05, 0) is 86.8 Å². The summed E-state index contributed by atoms with van der Waals surface area (Å²) in [4.78, 5) is 4.11. The zero-order valence-corrected chi connectivity index (χ0v) is 20.4. The average Bonchev–Trinajstić information content (AvgIpc) is 2.78. The number of thioether (sulfide) groups is 1. The molecule has 0 unspecified atom stereocenters. The second-order valence-electron chi connectivity index (χ2n) is 8.16. The summed E-state index contributed by atoms with van der Waals surface area (Å²) in [5, 5.41) is 0. The third-order valence-corrected chi connectivity index (χ3v) is 8.03. The van der Waals surface area contributed by atoms with Gasteiger partial charge in [-0.25, -0.2) is 13.1 Å². The lowest BCUT2D eigenvalue weighted by Gasteiger charge is -2.32. The smallest absolute Gasteiger partial charge is 0.240 e. The Morgan fingerprint density at radius 2 is 1.90 bits per heavy atom. The molecule has 31 heavy (non-hydrogen) atoms. The van der Waals surface area contributed by atoms with Crippen LogP contribution >= 0.6 is 11.8 Å². The molecule has 2 aromatic carbocycles. The first-order valence-corrected chi connectivity index (χ1v) is 13.7. The topological polar surface area (TPSA) is 58.6 Å². The van der Waals surface area contributed by atoms with Crippen LogP contribution in [0.15, 0.2) is 52.3 Å². The van der Waals surface area contributed by atoms with E-state index in [4.69, 9.17) is 4.74 Å². The fourth-order valence-electron chi connectivity index (χ4n) is 3.90. The van der Waals surface area contributed by atoms with E-state index >= 15 is 0 Å². The quantitative estimate of drug-likeness (QED) is 0.519. The third kappa shape index (κ3) is 6.72. The number of likely N-dealkylation sites (tertiary alicyclic amines) is 1. The summed E-state index contributed by atoms with van der Waals surface area (Å²) >= 11 is 1.79. The molecule has 0 atom stereocenters. The summed E-state index contributed by atoms with van der Waals surface area (Å²) in [5.74, 6) is 1.12. The largest absolute Gasteiger partial charge is 0.493 e. The molecule has 2 aromatic rings. The number of benzene rings is 2. The highest BCUT2D eigenvalue weighted by Gasteiger charge is 2.23. The van der Waals surface area contributed by atoms with Gasteiger partial charge in [-0.15, -0.1) is 11.8 Å². The maximum Gasteiger partial charge on any atom is 0.240 e. The number of nitrogens with one attached hydrogen (secondary N) is 1. The monoisotopic (exact) mass is 462 g/mol. The van der Waals surface area contributed by atoms with Crippen LogP contribution in [0.4, 0.5) is 0 Å². The van der Waals surface area contributed by atoms with Crippen molar-refractivity contribution < 1.29 is 13.2 Å². The van der Waals surface area contributed by atoms with Gasteiger partial charge in [-0.1, -0.05) is 25.1 Å². The number of piperidine rings is 1. The molecule has 3 rings (SSSR count).